The second-order valence-electron chi connectivity index (χ2n) is 8.15. The van der Waals surface area contributed by atoms with Crippen LogP contribution in [0.3, 0.4) is 0 Å². The maximum Gasteiger partial charge on any atom is 0.228 e. The molecule has 2 amide bonds. The molecule has 3 aromatic rings. The van der Waals surface area contributed by atoms with Gasteiger partial charge < -0.3 is 10.2 Å². The molecule has 2 unspecified atom stereocenters. The summed E-state index contributed by atoms with van der Waals surface area (Å²) in [5.74, 6) is -0.911. The Balaban J connectivity index is 1.44. The Morgan fingerprint density at radius 2 is 1.79 bits per heavy atom. The molecule has 0 bridgehead atoms. The molecule has 0 radical (unpaired) electrons. The smallest absolute Gasteiger partial charge is 0.228 e. The molecule has 1 fully saturated rings. The van der Waals surface area contributed by atoms with Gasteiger partial charge in [-0.15, -0.1) is 11.3 Å². The van der Waals surface area contributed by atoms with Crippen molar-refractivity contribution >= 4 is 38.7 Å². The second-order valence-corrected chi connectivity index (χ2v) is 11.2. The average Bonchev–Trinajstić information content (AvgIpc) is 3.45. The number of hydrogen-bond acceptors (Lipinski definition) is 5. The maximum absolute atomic E-state index is 13.1. The van der Waals surface area contributed by atoms with Gasteiger partial charge in [-0.05, 0) is 49.1 Å². The molecule has 1 aliphatic rings. The number of amides is 2. The zero-order chi connectivity index (χ0) is 23.4. The number of carbonyl (C=O) groups is 2. The third kappa shape index (κ3) is 5.17. The van der Waals surface area contributed by atoms with Crippen molar-refractivity contribution in [2.24, 2.45) is 5.92 Å². The Hall–Kier alpha value is -2.97. The van der Waals surface area contributed by atoms with E-state index in [1.54, 1.807) is 35.2 Å². The van der Waals surface area contributed by atoms with Gasteiger partial charge in [0.25, 0.3) is 0 Å². The van der Waals surface area contributed by atoms with Crippen LogP contribution in [-0.2, 0) is 19.4 Å². The quantitative estimate of drug-likeness (QED) is 0.490. The number of nitrogens with one attached hydrogen (secondary N) is 1. The van der Waals surface area contributed by atoms with Gasteiger partial charge in [-0.2, -0.15) is 0 Å². The fraction of sp³-hybridized carbons (Fsp3) is 0.280. The lowest BCUT2D eigenvalue weighted by atomic mass is 9.97. The number of carbonyl (C=O) groups excluding carboxylic acids is 2. The largest absolute Gasteiger partial charge is 0.356 e. The molecule has 1 aliphatic heterocycles. The van der Waals surface area contributed by atoms with Crippen molar-refractivity contribution in [2.45, 2.75) is 30.7 Å². The fourth-order valence-electron chi connectivity index (χ4n) is 4.11. The van der Waals surface area contributed by atoms with E-state index >= 15 is 0 Å². The Morgan fingerprint density at radius 3 is 2.45 bits per heavy atom. The van der Waals surface area contributed by atoms with Crippen molar-refractivity contribution in [3.63, 3.8) is 0 Å². The van der Waals surface area contributed by atoms with Crippen LogP contribution in [0.15, 0.2) is 77.0 Å². The van der Waals surface area contributed by atoms with Crippen LogP contribution < -0.4 is 10.2 Å². The maximum atomic E-state index is 13.1. The zero-order valence-electron chi connectivity index (χ0n) is 18.3. The first kappa shape index (κ1) is 23.2. The van der Waals surface area contributed by atoms with Crippen LogP contribution in [0.4, 0.5) is 5.69 Å². The summed E-state index contributed by atoms with van der Waals surface area (Å²) >= 11 is 1.52. The molecule has 1 N–H and O–H groups in total. The van der Waals surface area contributed by atoms with Gasteiger partial charge in [0.2, 0.25) is 11.8 Å². The molecule has 4 rings (SSSR count). The molecule has 0 saturated carbocycles. The highest BCUT2D eigenvalue weighted by Gasteiger charge is 2.45. The molecular formula is C25H26N2O4S2. The number of anilines is 1. The number of benzene rings is 2. The first-order chi connectivity index (χ1) is 15.9. The lowest BCUT2D eigenvalue weighted by Gasteiger charge is -2.27. The molecule has 2 heterocycles. The summed E-state index contributed by atoms with van der Waals surface area (Å²) in [7, 11) is -3.39. The van der Waals surface area contributed by atoms with Gasteiger partial charge in [0.05, 0.1) is 22.6 Å². The van der Waals surface area contributed by atoms with Crippen LogP contribution in [-0.4, -0.2) is 32.5 Å². The molecule has 2 atom stereocenters. The van der Waals surface area contributed by atoms with E-state index < -0.39 is 15.8 Å². The summed E-state index contributed by atoms with van der Waals surface area (Å²) in [6, 6.07) is 19.5. The first-order valence-corrected chi connectivity index (χ1v) is 13.4. The van der Waals surface area contributed by atoms with E-state index in [4.69, 9.17) is 0 Å². The minimum Gasteiger partial charge on any atom is -0.356 e. The predicted molar refractivity (Wildman–Crippen MR) is 130 cm³/mol. The van der Waals surface area contributed by atoms with Gasteiger partial charge in [-0.1, -0.05) is 42.0 Å². The van der Waals surface area contributed by atoms with Crippen LogP contribution in [0, 0.1) is 12.8 Å². The summed E-state index contributed by atoms with van der Waals surface area (Å²) < 4.78 is 24.9. The van der Waals surface area contributed by atoms with Gasteiger partial charge in [0.1, 0.15) is 0 Å². The van der Waals surface area contributed by atoms with E-state index in [1.165, 1.54) is 11.3 Å². The van der Waals surface area contributed by atoms with Crippen LogP contribution in [0.2, 0.25) is 0 Å². The highest BCUT2D eigenvalue weighted by Crippen LogP contribution is 2.43. The summed E-state index contributed by atoms with van der Waals surface area (Å²) in [6.07, 6.45) is 0.416. The molecule has 33 heavy (non-hydrogen) atoms. The Bertz CT molecular complexity index is 1210. The van der Waals surface area contributed by atoms with E-state index in [1.807, 2.05) is 48.7 Å². The van der Waals surface area contributed by atoms with Crippen molar-refractivity contribution in [2.75, 3.05) is 17.2 Å². The van der Waals surface area contributed by atoms with E-state index in [2.05, 4.69) is 5.32 Å². The van der Waals surface area contributed by atoms with E-state index in [-0.39, 0.29) is 41.5 Å². The third-order valence-electron chi connectivity index (χ3n) is 5.80. The molecular weight excluding hydrogens is 456 g/mol. The van der Waals surface area contributed by atoms with Gasteiger partial charge in [-0.25, -0.2) is 8.42 Å². The Kier molecular flexibility index (Phi) is 6.95. The third-order valence-corrected chi connectivity index (χ3v) is 8.56. The number of rotatable bonds is 8. The van der Waals surface area contributed by atoms with Gasteiger partial charge in [0, 0.05) is 23.5 Å². The average molecular weight is 483 g/mol. The topological polar surface area (TPSA) is 83.6 Å². The summed E-state index contributed by atoms with van der Waals surface area (Å²) in [5.41, 5.74) is 1.87. The number of sulfone groups is 1. The van der Waals surface area contributed by atoms with Crippen LogP contribution in [0.25, 0.3) is 0 Å². The molecule has 0 aliphatic carbocycles. The minimum absolute atomic E-state index is 0.0509. The van der Waals surface area contributed by atoms with Gasteiger partial charge in [0.15, 0.2) is 9.84 Å². The number of hydrogen-bond donors (Lipinski definition) is 1. The highest BCUT2D eigenvalue weighted by atomic mass is 32.2. The monoisotopic (exact) mass is 482 g/mol. The molecule has 6 nitrogen and oxygen atoms in total. The number of nitrogens with zero attached hydrogens (tertiary/aromatic N) is 1. The van der Waals surface area contributed by atoms with E-state index in [0.29, 0.717) is 6.42 Å². The SMILES string of the molecule is Cc1ccc(N2C(=O)CC(C(=O)NCCCS(=O)(=O)c3ccccc3)C2c2cccs2)cc1. The Labute approximate surface area is 198 Å². The Morgan fingerprint density at radius 1 is 1.06 bits per heavy atom. The van der Waals surface area contributed by atoms with Gasteiger partial charge >= 0.3 is 0 Å². The molecule has 1 saturated heterocycles. The summed E-state index contributed by atoms with van der Waals surface area (Å²) in [5, 5.41) is 4.80. The fourth-order valence-corrected chi connectivity index (χ4v) is 6.33. The van der Waals surface area contributed by atoms with Crippen LogP contribution in [0.1, 0.15) is 29.3 Å². The lowest BCUT2D eigenvalue weighted by molar-refractivity contribution is -0.126. The highest BCUT2D eigenvalue weighted by molar-refractivity contribution is 7.91. The normalized spacial score (nSPS) is 18.5. The van der Waals surface area contributed by atoms with Crippen molar-refractivity contribution in [1.29, 1.82) is 0 Å². The second kappa shape index (κ2) is 9.89. The van der Waals surface area contributed by atoms with Crippen molar-refractivity contribution in [1.82, 2.24) is 5.32 Å². The van der Waals surface area contributed by atoms with E-state index in [9.17, 15) is 18.0 Å². The summed E-state index contributed by atoms with van der Waals surface area (Å²) in [6.45, 7) is 2.22. The molecule has 172 valence electrons. The molecule has 0 spiro atoms. The van der Waals surface area contributed by atoms with Crippen molar-refractivity contribution in [3.8, 4) is 0 Å². The van der Waals surface area contributed by atoms with Crippen molar-refractivity contribution < 1.29 is 18.0 Å². The van der Waals surface area contributed by atoms with E-state index in [0.717, 1.165) is 16.1 Å². The number of thiophene rings is 1. The number of aryl methyl sites for hydroxylation is 1. The molecule has 8 heteroatoms. The standard InChI is InChI=1S/C25H26N2O4S2/c1-18-10-12-19(13-11-18)27-23(28)17-21(24(27)22-9-5-15-32-22)25(29)26-14-6-16-33(30,31)20-7-3-2-4-8-20/h2-5,7-13,15,21,24H,6,14,16-17H2,1H3,(H,26,29). The van der Waals surface area contributed by atoms with Crippen molar-refractivity contribution in [3.05, 3.63) is 82.6 Å². The summed E-state index contributed by atoms with van der Waals surface area (Å²) in [4.78, 5) is 29.0. The zero-order valence-corrected chi connectivity index (χ0v) is 19.9. The molecule has 1 aromatic heterocycles. The van der Waals surface area contributed by atoms with Crippen LogP contribution in [0.5, 0.6) is 0 Å². The lowest BCUT2D eigenvalue weighted by Crippen LogP contribution is -2.36. The van der Waals surface area contributed by atoms with Gasteiger partial charge in [-0.3, -0.25) is 9.59 Å². The molecule has 2 aromatic carbocycles. The van der Waals surface area contributed by atoms with Crippen LogP contribution >= 0.6 is 11.3 Å². The minimum atomic E-state index is -3.39. The predicted octanol–water partition coefficient (Wildman–Crippen LogP) is 4.13. The first-order valence-electron chi connectivity index (χ1n) is 10.8.